The smallest absolute Gasteiger partial charge is 0.329 e. The van der Waals surface area contributed by atoms with Crippen molar-refractivity contribution in [3.63, 3.8) is 0 Å². The lowest BCUT2D eigenvalue weighted by atomic mass is 9.53. The predicted molar refractivity (Wildman–Crippen MR) is 241 cm³/mol. The van der Waals surface area contributed by atoms with Gasteiger partial charge in [0.1, 0.15) is 11.9 Å². The quantitative estimate of drug-likeness (QED) is 0.168. The molecule has 15 heteroatoms. The minimum Gasteiger partial charge on any atom is -0.353 e. The third-order valence-corrected chi connectivity index (χ3v) is 16.7. The molecule has 3 N–H and O–H groups in total. The van der Waals surface area contributed by atoms with Crippen molar-refractivity contribution in [1.82, 2.24) is 24.7 Å². The van der Waals surface area contributed by atoms with Crippen molar-refractivity contribution in [3.05, 3.63) is 97.6 Å². The van der Waals surface area contributed by atoms with E-state index in [2.05, 4.69) is 16.0 Å². The van der Waals surface area contributed by atoms with Crippen LogP contribution in [0.4, 0.5) is 10.1 Å². The second-order valence-electron chi connectivity index (χ2n) is 19.3. The van der Waals surface area contributed by atoms with Crippen LogP contribution in [0.2, 0.25) is 10.0 Å². The highest BCUT2D eigenvalue weighted by Gasteiger charge is 2.72. The zero-order valence-corrected chi connectivity index (χ0v) is 37.4. The maximum Gasteiger partial charge on any atom is 0.329 e. The number of hydrogen-bond acceptors (Lipinski definition) is 6. The Bertz CT molecular complexity index is 2660. The molecule has 336 valence electrons. The topological polar surface area (TPSA) is 152 Å². The summed E-state index contributed by atoms with van der Waals surface area (Å²) in [7, 11) is 1.69. The molecule has 2 saturated heterocycles. The Morgan fingerprint density at radius 1 is 0.844 bits per heavy atom. The summed E-state index contributed by atoms with van der Waals surface area (Å²) in [5, 5.41) is 9.26. The number of nitrogens with one attached hydrogen (secondary N) is 3. The van der Waals surface area contributed by atoms with Crippen LogP contribution >= 0.6 is 23.2 Å². The lowest BCUT2D eigenvalue weighted by molar-refractivity contribution is -0.138. The summed E-state index contributed by atoms with van der Waals surface area (Å²) in [6.45, 7) is 1.23. The fourth-order valence-corrected chi connectivity index (χ4v) is 13.5. The van der Waals surface area contributed by atoms with E-state index in [1.54, 1.807) is 35.9 Å². The number of imidazole rings is 1. The molecule has 1 aromatic heterocycles. The maximum absolute atomic E-state index is 16.4. The van der Waals surface area contributed by atoms with Gasteiger partial charge in [-0.1, -0.05) is 66.7 Å². The summed E-state index contributed by atoms with van der Waals surface area (Å²) in [6, 6.07) is 15.3. The van der Waals surface area contributed by atoms with Gasteiger partial charge in [0.05, 0.1) is 21.5 Å². The number of benzene rings is 3. The van der Waals surface area contributed by atoms with Gasteiger partial charge in [-0.15, -0.1) is 0 Å². The van der Waals surface area contributed by atoms with Gasteiger partial charge in [0.15, 0.2) is 0 Å². The third-order valence-electron chi connectivity index (χ3n) is 16.1. The predicted octanol–water partition coefficient (Wildman–Crippen LogP) is 7.79. The molecule has 4 heterocycles. The number of rotatable bonds is 6. The van der Waals surface area contributed by atoms with Crippen LogP contribution in [0.15, 0.2) is 59.4 Å². The first-order chi connectivity index (χ1) is 30.8. The number of likely N-dealkylation sites (tertiary alicyclic amines) is 1. The molecule has 6 aliphatic rings. The molecular formula is C49H53Cl2FN6O6. The molecule has 3 aliphatic carbocycles. The second-order valence-corrected chi connectivity index (χ2v) is 20.2. The van der Waals surface area contributed by atoms with Crippen LogP contribution in [0.5, 0.6) is 0 Å². The normalized spacial score (nSPS) is 28.1. The molecule has 1 unspecified atom stereocenters. The maximum atomic E-state index is 16.4. The summed E-state index contributed by atoms with van der Waals surface area (Å²) < 4.78 is 19.4. The number of imide groups is 1. The third kappa shape index (κ3) is 6.81. The average molecular weight is 912 g/mol. The zero-order valence-electron chi connectivity index (χ0n) is 35.9. The summed E-state index contributed by atoms with van der Waals surface area (Å²) in [6.07, 6.45) is 9.33. The SMILES string of the molecule is Cn1c(=O)n(C2CCC(=O)NC2=O)c2ccc(C3CCN(C(=O)[C@H]4CC[C@H](NC(=O)[C@@H]5CC6(CCCCC6)[C@@]6(C(=O)Nc7cc(Cl)ccc76)[C@H]5c5cccc(Cl)c5F)CC4)CC3)cc21. The second kappa shape index (κ2) is 16.5. The van der Waals surface area contributed by atoms with Crippen molar-refractivity contribution >= 4 is 69.5 Å². The minimum atomic E-state index is -1.20. The van der Waals surface area contributed by atoms with E-state index >= 15 is 4.39 Å². The van der Waals surface area contributed by atoms with Gasteiger partial charge in [-0.3, -0.25) is 38.4 Å². The number of amides is 5. The Labute approximate surface area is 380 Å². The molecule has 0 bridgehead atoms. The van der Waals surface area contributed by atoms with E-state index in [1.165, 1.54) is 10.6 Å². The van der Waals surface area contributed by atoms with E-state index in [0.29, 0.717) is 61.4 Å². The Balaban J connectivity index is 0.815. The van der Waals surface area contributed by atoms with Gasteiger partial charge in [0, 0.05) is 61.1 Å². The van der Waals surface area contributed by atoms with Crippen molar-refractivity contribution in [2.45, 2.75) is 119 Å². The summed E-state index contributed by atoms with van der Waals surface area (Å²) in [4.78, 5) is 83.2. The van der Waals surface area contributed by atoms with E-state index in [9.17, 15) is 28.8 Å². The van der Waals surface area contributed by atoms with Crippen molar-refractivity contribution < 1.29 is 28.4 Å². The molecule has 3 aromatic carbocycles. The number of aryl methyl sites for hydroxylation is 1. The number of nitrogens with zero attached hydrogens (tertiary/aromatic N) is 3. The van der Waals surface area contributed by atoms with Crippen molar-refractivity contribution in [3.8, 4) is 0 Å². The van der Waals surface area contributed by atoms with Gasteiger partial charge < -0.3 is 15.5 Å². The molecule has 10 rings (SSSR count). The fourth-order valence-electron chi connectivity index (χ4n) is 13.1. The number of aromatic nitrogens is 2. The van der Waals surface area contributed by atoms with Gasteiger partial charge in [-0.2, -0.15) is 0 Å². The van der Waals surface area contributed by atoms with Crippen LogP contribution in [0, 0.1) is 23.1 Å². The van der Waals surface area contributed by atoms with Crippen LogP contribution in [0.1, 0.15) is 124 Å². The molecule has 2 spiro atoms. The standard InChI is InChI=1S/C49H53Cl2FN6O6/c1-56-39-24-29(10-15-37(39)58(47(56)64)38-16-17-40(59)55-44(38)61)27-18-22-57(23-19-27)45(62)28-8-12-31(13-9-28)53-43(60)33-26-48(20-3-2-4-21-48)49(41(33)32-6-5-7-35(51)42(32)52)34-14-11-30(50)25-36(34)54-46(49)63/h5-7,10-11,14-15,24-25,27-28,31,33,38,41H,2-4,8-9,12-13,16-23,26H2,1H3,(H,53,60)(H,54,63)(H,55,59,61)/t28-,31-,33-,38?,41+,49-/m1/s1. The lowest BCUT2D eigenvalue weighted by Gasteiger charge is -2.47. The van der Waals surface area contributed by atoms with Gasteiger partial charge in [0.25, 0.3) is 0 Å². The van der Waals surface area contributed by atoms with Crippen molar-refractivity contribution in [2.75, 3.05) is 18.4 Å². The number of fused-ring (bicyclic) bond motifs is 4. The number of anilines is 1. The van der Waals surface area contributed by atoms with Crippen LogP contribution in [0.3, 0.4) is 0 Å². The van der Waals surface area contributed by atoms with E-state index in [-0.39, 0.29) is 70.6 Å². The highest BCUT2D eigenvalue weighted by atomic mass is 35.5. The van der Waals surface area contributed by atoms with Gasteiger partial charge in [0.2, 0.25) is 29.5 Å². The van der Waals surface area contributed by atoms with Crippen LogP contribution in [-0.4, -0.2) is 62.7 Å². The number of piperidine rings is 2. The Kier molecular flexibility index (Phi) is 11.0. The largest absolute Gasteiger partial charge is 0.353 e. The molecule has 64 heavy (non-hydrogen) atoms. The highest BCUT2D eigenvalue weighted by molar-refractivity contribution is 6.31. The first-order valence-electron chi connectivity index (χ1n) is 23.0. The van der Waals surface area contributed by atoms with E-state index < -0.39 is 40.4 Å². The van der Waals surface area contributed by atoms with Gasteiger partial charge in [-0.25, -0.2) is 9.18 Å². The minimum absolute atomic E-state index is 0.0489. The first-order valence-corrected chi connectivity index (χ1v) is 23.8. The van der Waals surface area contributed by atoms with E-state index in [4.69, 9.17) is 23.2 Å². The molecule has 12 nitrogen and oxygen atoms in total. The van der Waals surface area contributed by atoms with Gasteiger partial charge in [-0.05, 0) is 123 Å². The lowest BCUT2D eigenvalue weighted by Crippen LogP contribution is -2.51. The monoisotopic (exact) mass is 910 g/mol. The van der Waals surface area contributed by atoms with Crippen LogP contribution in [-0.2, 0) is 36.4 Å². The zero-order chi connectivity index (χ0) is 44.7. The molecule has 5 fully saturated rings. The van der Waals surface area contributed by atoms with Crippen molar-refractivity contribution in [1.29, 1.82) is 0 Å². The van der Waals surface area contributed by atoms with Crippen LogP contribution in [0.25, 0.3) is 11.0 Å². The van der Waals surface area contributed by atoms with Crippen LogP contribution < -0.4 is 21.6 Å². The summed E-state index contributed by atoms with van der Waals surface area (Å²) in [5.41, 5.74) is 2.02. The first kappa shape index (κ1) is 42.9. The molecule has 4 aromatic rings. The number of carbonyl (C=O) groups is 5. The number of hydrogen-bond donors (Lipinski definition) is 3. The van der Waals surface area contributed by atoms with E-state index in [0.717, 1.165) is 61.6 Å². The molecule has 3 saturated carbocycles. The molecule has 3 aliphatic heterocycles. The molecule has 4 atom stereocenters. The Hall–Kier alpha value is -5.01. The van der Waals surface area contributed by atoms with Gasteiger partial charge >= 0.3 is 5.69 Å². The number of carbonyl (C=O) groups excluding carboxylic acids is 5. The molecule has 0 radical (unpaired) electrons. The fraction of sp³-hybridized carbons (Fsp3) is 0.510. The number of halogens is 3. The van der Waals surface area contributed by atoms with E-state index in [1.807, 2.05) is 29.2 Å². The Morgan fingerprint density at radius 2 is 1.59 bits per heavy atom. The Morgan fingerprint density at radius 3 is 2.33 bits per heavy atom. The summed E-state index contributed by atoms with van der Waals surface area (Å²) >= 11 is 12.9. The molecular weight excluding hydrogens is 858 g/mol. The average Bonchev–Trinajstić information content (AvgIpc) is 3.84. The molecule has 5 amide bonds. The van der Waals surface area contributed by atoms with Crippen molar-refractivity contribution in [2.24, 2.45) is 24.3 Å². The highest BCUT2D eigenvalue weighted by Crippen LogP contribution is 2.71. The summed E-state index contributed by atoms with van der Waals surface area (Å²) in [5.74, 6) is -3.13.